The molecule has 178 valence electrons. The molecule has 0 atom stereocenters. The highest BCUT2D eigenvalue weighted by Crippen LogP contribution is 2.25. The number of amides is 1. The number of carbonyl (C=O) groups is 1. The molecule has 1 aliphatic rings. The lowest BCUT2D eigenvalue weighted by Gasteiger charge is -2.35. The van der Waals surface area contributed by atoms with Gasteiger partial charge in [-0.1, -0.05) is 6.07 Å². The summed E-state index contributed by atoms with van der Waals surface area (Å²) in [6, 6.07) is 16.5. The second-order valence-corrected chi connectivity index (χ2v) is 10.1. The smallest absolute Gasteiger partial charge is 0.261 e. The maximum Gasteiger partial charge on any atom is 0.261 e. The summed E-state index contributed by atoms with van der Waals surface area (Å²) in [6.45, 7) is 5.94. The molecule has 0 bridgehead atoms. The number of hydrogen-bond donors (Lipinski definition) is 2. The average Bonchev–Trinajstić information content (AvgIpc) is 2.81. The summed E-state index contributed by atoms with van der Waals surface area (Å²) in [5, 5.41) is 2.85. The van der Waals surface area contributed by atoms with E-state index in [0.29, 0.717) is 5.69 Å². The van der Waals surface area contributed by atoms with E-state index in [1.54, 1.807) is 6.07 Å². The van der Waals surface area contributed by atoms with Crippen LogP contribution in [0.2, 0.25) is 0 Å². The van der Waals surface area contributed by atoms with Gasteiger partial charge in [0.1, 0.15) is 5.82 Å². The van der Waals surface area contributed by atoms with Gasteiger partial charge < -0.3 is 15.1 Å². The summed E-state index contributed by atoms with van der Waals surface area (Å²) in [6.07, 6.45) is 0. The molecule has 4 rings (SSSR count). The number of carbonyl (C=O) groups excluding carboxylic acids is 1. The summed E-state index contributed by atoms with van der Waals surface area (Å²) in [4.78, 5) is 17.4. The lowest BCUT2D eigenvalue weighted by Crippen LogP contribution is -2.44. The summed E-state index contributed by atoms with van der Waals surface area (Å²) < 4.78 is 40.9. The Hall–Kier alpha value is -3.43. The van der Waals surface area contributed by atoms with Crippen LogP contribution in [-0.2, 0) is 10.0 Å². The van der Waals surface area contributed by atoms with Gasteiger partial charge in [0.05, 0.1) is 4.90 Å². The normalized spacial score (nSPS) is 14.6. The summed E-state index contributed by atoms with van der Waals surface area (Å²) in [5.41, 5.74) is 3.28. The fraction of sp³-hybridized carbons (Fsp3) is 0.240. The van der Waals surface area contributed by atoms with E-state index in [1.165, 1.54) is 42.5 Å². The molecule has 1 amide bonds. The zero-order valence-corrected chi connectivity index (χ0v) is 19.9. The summed E-state index contributed by atoms with van der Waals surface area (Å²) in [7, 11) is -1.83. The van der Waals surface area contributed by atoms with Gasteiger partial charge in [-0.05, 0) is 80.2 Å². The number of anilines is 3. The van der Waals surface area contributed by atoms with Crippen molar-refractivity contribution >= 4 is 33.0 Å². The van der Waals surface area contributed by atoms with E-state index in [4.69, 9.17) is 0 Å². The van der Waals surface area contributed by atoms with Gasteiger partial charge in [0.25, 0.3) is 15.9 Å². The fourth-order valence-corrected chi connectivity index (χ4v) is 4.98. The van der Waals surface area contributed by atoms with Crippen LogP contribution in [0.4, 0.5) is 21.5 Å². The summed E-state index contributed by atoms with van der Waals surface area (Å²) >= 11 is 0. The zero-order chi connectivity index (χ0) is 24.3. The van der Waals surface area contributed by atoms with E-state index < -0.39 is 21.7 Å². The van der Waals surface area contributed by atoms with Gasteiger partial charge in [-0.3, -0.25) is 9.52 Å². The molecule has 7 nitrogen and oxygen atoms in total. The first kappa shape index (κ1) is 23.7. The first-order chi connectivity index (χ1) is 16.2. The molecule has 1 fully saturated rings. The Morgan fingerprint density at radius 3 is 2.26 bits per heavy atom. The third-order valence-electron chi connectivity index (χ3n) is 5.80. The van der Waals surface area contributed by atoms with Crippen LogP contribution in [0.15, 0.2) is 71.6 Å². The second kappa shape index (κ2) is 9.82. The number of rotatable bonds is 6. The molecule has 0 aliphatic carbocycles. The van der Waals surface area contributed by atoms with Crippen molar-refractivity contribution in [2.24, 2.45) is 0 Å². The Morgan fingerprint density at radius 1 is 0.912 bits per heavy atom. The van der Waals surface area contributed by atoms with Crippen LogP contribution in [0, 0.1) is 12.7 Å². The van der Waals surface area contributed by atoms with Crippen LogP contribution in [-0.4, -0.2) is 52.5 Å². The third kappa shape index (κ3) is 5.55. The number of hydrogen-bond acceptors (Lipinski definition) is 5. The maximum absolute atomic E-state index is 13.1. The van der Waals surface area contributed by atoms with Gasteiger partial charge in [-0.25, -0.2) is 12.8 Å². The first-order valence-corrected chi connectivity index (χ1v) is 12.4. The van der Waals surface area contributed by atoms with Crippen molar-refractivity contribution in [2.45, 2.75) is 11.8 Å². The number of nitrogens with one attached hydrogen (secondary N) is 2. The summed E-state index contributed by atoms with van der Waals surface area (Å²) in [5.74, 6) is -0.876. The molecular weight excluding hydrogens is 455 g/mol. The van der Waals surface area contributed by atoms with Crippen LogP contribution in [0.5, 0.6) is 0 Å². The lowest BCUT2D eigenvalue weighted by molar-refractivity contribution is 0.102. The molecule has 3 aromatic rings. The van der Waals surface area contributed by atoms with Crippen LogP contribution in [0.25, 0.3) is 0 Å². The van der Waals surface area contributed by atoms with Crippen LogP contribution in [0.3, 0.4) is 0 Å². The number of benzene rings is 3. The standard InChI is InChI=1S/C25H27FN4O3S/c1-18-16-22(10-11-24(18)30-14-12-29(2)13-15-30)27-25(31)19-4-3-5-23(17-19)34(32,33)28-21-8-6-20(26)7-9-21/h3-11,16-17,28H,12-15H2,1-2H3,(H,27,31). The third-order valence-corrected chi connectivity index (χ3v) is 7.18. The van der Waals surface area contributed by atoms with E-state index in [2.05, 4.69) is 26.9 Å². The molecule has 0 spiro atoms. The number of aryl methyl sites for hydroxylation is 1. The van der Waals surface area contributed by atoms with Crippen LogP contribution < -0.4 is 14.9 Å². The van der Waals surface area contributed by atoms with Crippen molar-refractivity contribution in [3.05, 3.63) is 83.7 Å². The Bertz CT molecular complexity index is 1290. The zero-order valence-electron chi connectivity index (χ0n) is 19.1. The number of nitrogens with zero attached hydrogens (tertiary/aromatic N) is 2. The predicted molar refractivity (Wildman–Crippen MR) is 132 cm³/mol. The van der Waals surface area contributed by atoms with E-state index in [-0.39, 0.29) is 16.1 Å². The van der Waals surface area contributed by atoms with Crippen molar-refractivity contribution < 1.29 is 17.6 Å². The predicted octanol–water partition coefficient (Wildman–Crippen LogP) is 3.94. The SMILES string of the molecule is Cc1cc(NC(=O)c2cccc(S(=O)(=O)Nc3ccc(F)cc3)c2)ccc1N1CCN(C)CC1. The maximum atomic E-state index is 13.1. The molecule has 0 saturated carbocycles. The largest absolute Gasteiger partial charge is 0.369 e. The number of sulfonamides is 1. The van der Waals surface area contributed by atoms with Crippen molar-refractivity contribution in [3.8, 4) is 0 Å². The minimum absolute atomic E-state index is 0.0638. The Balaban J connectivity index is 1.47. The second-order valence-electron chi connectivity index (χ2n) is 8.39. The van der Waals surface area contributed by atoms with E-state index >= 15 is 0 Å². The minimum atomic E-state index is -3.95. The van der Waals surface area contributed by atoms with Gasteiger partial charge in [0, 0.05) is 48.8 Å². The molecule has 1 saturated heterocycles. The van der Waals surface area contributed by atoms with Gasteiger partial charge in [-0.15, -0.1) is 0 Å². The number of piperazine rings is 1. The number of likely N-dealkylation sites (N-methyl/N-ethyl adjacent to an activating group) is 1. The van der Waals surface area contributed by atoms with Crippen molar-refractivity contribution in [2.75, 3.05) is 48.2 Å². The van der Waals surface area contributed by atoms with Gasteiger partial charge in [-0.2, -0.15) is 0 Å². The topological polar surface area (TPSA) is 81.7 Å². The van der Waals surface area contributed by atoms with E-state index in [1.807, 2.05) is 25.1 Å². The monoisotopic (exact) mass is 482 g/mol. The molecule has 2 N–H and O–H groups in total. The van der Waals surface area contributed by atoms with Crippen molar-refractivity contribution in [1.29, 1.82) is 0 Å². The van der Waals surface area contributed by atoms with Gasteiger partial charge in [0.2, 0.25) is 0 Å². The van der Waals surface area contributed by atoms with E-state index in [9.17, 15) is 17.6 Å². The molecule has 9 heteroatoms. The molecule has 1 aliphatic heterocycles. The molecular formula is C25H27FN4O3S. The van der Waals surface area contributed by atoms with E-state index in [0.717, 1.165) is 37.4 Å². The number of halogens is 1. The molecule has 0 unspecified atom stereocenters. The molecule has 0 radical (unpaired) electrons. The van der Waals surface area contributed by atoms with Crippen molar-refractivity contribution in [3.63, 3.8) is 0 Å². The lowest BCUT2D eigenvalue weighted by atomic mass is 10.1. The van der Waals surface area contributed by atoms with Crippen molar-refractivity contribution in [1.82, 2.24) is 4.90 Å². The fourth-order valence-electron chi connectivity index (χ4n) is 3.88. The average molecular weight is 483 g/mol. The first-order valence-electron chi connectivity index (χ1n) is 11.0. The van der Waals surface area contributed by atoms with Gasteiger partial charge >= 0.3 is 0 Å². The molecule has 34 heavy (non-hydrogen) atoms. The van der Waals surface area contributed by atoms with Gasteiger partial charge in [0.15, 0.2) is 0 Å². The highest BCUT2D eigenvalue weighted by atomic mass is 32.2. The highest BCUT2D eigenvalue weighted by molar-refractivity contribution is 7.92. The Kier molecular flexibility index (Phi) is 6.85. The minimum Gasteiger partial charge on any atom is -0.369 e. The Labute approximate surface area is 199 Å². The quantitative estimate of drug-likeness (QED) is 0.556. The molecule has 3 aromatic carbocycles. The molecule has 1 heterocycles. The van der Waals surface area contributed by atoms with Crippen LogP contribution >= 0.6 is 0 Å². The Morgan fingerprint density at radius 2 is 1.59 bits per heavy atom. The van der Waals surface area contributed by atoms with Crippen LogP contribution in [0.1, 0.15) is 15.9 Å². The highest BCUT2D eigenvalue weighted by Gasteiger charge is 2.18. The molecule has 0 aromatic heterocycles.